The average Bonchev–Trinajstić information content (AvgIpc) is 2.92. The van der Waals surface area contributed by atoms with Gasteiger partial charge in [0, 0.05) is 30.1 Å². The molecular weight excluding hydrogens is 311 g/mol. The summed E-state index contributed by atoms with van der Waals surface area (Å²) in [6, 6.07) is 8.83. The van der Waals surface area contributed by atoms with Crippen molar-refractivity contribution in [3.63, 3.8) is 0 Å². The van der Waals surface area contributed by atoms with E-state index in [-0.39, 0.29) is 17.8 Å². The summed E-state index contributed by atoms with van der Waals surface area (Å²) in [6.45, 7) is 7.74. The van der Waals surface area contributed by atoms with Gasteiger partial charge in [0.1, 0.15) is 5.82 Å². The van der Waals surface area contributed by atoms with E-state index in [1.165, 1.54) is 23.5 Å². The molecule has 122 valence electrons. The summed E-state index contributed by atoms with van der Waals surface area (Å²) >= 11 is 1.51. The minimum absolute atomic E-state index is 0.0901. The van der Waals surface area contributed by atoms with Crippen LogP contribution in [0.15, 0.2) is 30.3 Å². The first-order chi connectivity index (χ1) is 11.0. The maximum atomic E-state index is 13.1. The van der Waals surface area contributed by atoms with Crippen LogP contribution in [-0.2, 0) is 0 Å². The highest BCUT2D eigenvalue weighted by atomic mass is 32.1. The fourth-order valence-electron chi connectivity index (χ4n) is 2.99. The van der Waals surface area contributed by atoms with E-state index in [2.05, 4.69) is 19.2 Å². The van der Waals surface area contributed by atoms with E-state index < -0.39 is 0 Å². The van der Waals surface area contributed by atoms with Crippen LogP contribution in [0.5, 0.6) is 0 Å². The molecule has 1 aromatic carbocycles. The highest BCUT2D eigenvalue weighted by Gasteiger charge is 2.29. The molecule has 0 saturated carbocycles. The third-order valence-corrected chi connectivity index (χ3v) is 5.62. The van der Waals surface area contributed by atoms with Crippen LogP contribution in [0.25, 0.3) is 11.1 Å². The van der Waals surface area contributed by atoms with E-state index in [1.54, 1.807) is 12.1 Å². The first kappa shape index (κ1) is 16.1. The predicted molar refractivity (Wildman–Crippen MR) is 92.4 cm³/mol. The molecule has 0 spiro atoms. The van der Waals surface area contributed by atoms with Crippen molar-refractivity contribution in [2.45, 2.75) is 32.9 Å². The summed E-state index contributed by atoms with van der Waals surface area (Å²) in [4.78, 5) is 16.6. The average molecular weight is 332 g/mol. The van der Waals surface area contributed by atoms with E-state index in [0.29, 0.717) is 6.04 Å². The Morgan fingerprint density at radius 2 is 2.00 bits per heavy atom. The number of thiophene rings is 1. The minimum Gasteiger partial charge on any atom is -0.332 e. The van der Waals surface area contributed by atoms with Gasteiger partial charge in [-0.05, 0) is 50.1 Å². The lowest BCUT2D eigenvalue weighted by atomic mass is 10.1. The van der Waals surface area contributed by atoms with Crippen molar-refractivity contribution in [1.82, 2.24) is 10.2 Å². The van der Waals surface area contributed by atoms with Gasteiger partial charge < -0.3 is 10.2 Å². The number of nitrogens with zero attached hydrogens (tertiary/aromatic N) is 1. The molecule has 1 aliphatic heterocycles. The van der Waals surface area contributed by atoms with Gasteiger partial charge >= 0.3 is 0 Å². The Kier molecular flexibility index (Phi) is 4.50. The molecule has 0 bridgehead atoms. The topological polar surface area (TPSA) is 32.3 Å². The molecule has 1 amide bonds. The third kappa shape index (κ3) is 3.16. The van der Waals surface area contributed by atoms with Gasteiger partial charge in [-0.15, -0.1) is 11.3 Å². The van der Waals surface area contributed by atoms with Crippen LogP contribution in [0.1, 0.15) is 28.4 Å². The summed E-state index contributed by atoms with van der Waals surface area (Å²) in [5, 5.41) is 3.39. The molecular formula is C18H21FN2OS. The SMILES string of the molecule is Cc1sc(C(=O)N2CCNC(C)C2C)cc1-c1ccc(F)cc1. The molecule has 3 nitrogen and oxygen atoms in total. The Hall–Kier alpha value is -1.72. The molecule has 1 N–H and O–H groups in total. The van der Waals surface area contributed by atoms with E-state index in [0.717, 1.165) is 34.0 Å². The number of rotatable bonds is 2. The highest BCUT2D eigenvalue weighted by Crippen LogP contribution is 2.32. The van der Waals surface area contributed by atoms with E-state index in [4.69, 9.17) is 0 Å². The molecule has 3 rings (SSSR count). The smallest absolute Gasteiger partial charge is 0.264 e. The van der Waals surface area contributed by atoms with Crippen LogP contribution in [-0.4, -0.2) is 36.0 Å². The van der Waals surface area contributed by atoms with Gasteiger partial charge in [0.2, 0.25) is 0 Å². The molecule has 23 heavy (non-hydrogen) atoms. The zero-order valence-electron chi connectivity index (χ0n) is 13.6. The maximum absolute atomic E-state index is 13.1. The van der Waals surface area contributed by atoms with Crippen LogP contribution in [0.3, 0.4) is 0 Å². The Morgan fingerprint density at radius 1 is 1.30 bits per heavy atom. The zero-order valence-corrected chi connectivity index (χ0v) is 14.4. The number of hydrogen-bond acceptors (Lipinski definition) is 3. The first-order valence-corrected chi connectivity index (χ1v) is 8.69. The number of benzene rings is 1. The van der Waals surface area contributed by atoms with Crippen LogP contribution in [0.2, 0.25) is 0 Å². The molecule has 0 radical (unpaired) electrons. The summed E-state index contributed by atoms with van der Waals surface area (Å²) in [5.41, 5.74) is 1.95. The fraction of sp³-hybridized carbons (Fsp3) is 0.389. The van der Waals surface area contributed by atoms with Crippen LogP contribution >= 0.6 is 11.3 Å². The van der Waals surface area contributed by atoms with Gasteiger partial charge in [-0.2, -0.15) is 0 Å². The van der Waals surface area contributed by atoms with Crippen LogP contribution in [0, 0.1) is 12.7 Å². The number of piperazine rings is 1. The number of carbonyl (C=O) groups is 1. The second kappa shape index (κ2) is 6.42. The summed E-state index contributed by atoms with van der Waals surface area (Å²) in [6.07, 6.45) is 0. The molecule has 1 saturated heterocycles. The van der Waals surface area contributed by atoms with E-state index in [9.17, 15) is 9.18 Å². The van der Waals surface area contributed by atoms with Gasteiger partial charge in [-0.25, -0.2) is 4.39 Å². The molecule has 2 atom stereocenters. The number of halogens is 1. The van der Waals surface area contributed by atoms with Crippen molar-refractivity contribution in [2.75, 3.05) is 13.1 Å². The molecule has 1 aromatic heterocycles. The van der Waals surface area contributed by atoms with Crippen molar-refractivity contribution in [1.29, 1.82) is 0 Å². The fourth-order valence-corrected chi connectivity index (χ4v) is 3.99. The first-order valence-electron chi connectivity index (χ1n) is 7.88. The lowest BCUT2D eigenvalue weighted by molar-refractivity contribution is 0.0608. The van der Waals surface area contributed by atoms with E-state index >= 15 is 0 Å². The number of nitrogens with one attached hydrogen (secondary N) is 1. The molecule has 2 aromatic rings. The molecule has 0 aliphatic carbocycles. The zero-order chi connectivity index (χ0) is 16.6. The van der Waals surface area contributed by atoms with Crippen molar-refractivity contribution in [2.24, 2.45) is 0 Å². The standard InChI is InChI=1S/C18H21FN2OS/c1-11-12(2)21(9-8-20-11)18(22)17-10-16(13(3)23-17)14-4-6-15(19)7-5-14/h4-7,10-12,20H,8-9H2,1-3H3. The summed E-state index contributed by atoms with van der Waals surface area (Å²) in [7, 11) is 0. The molecule has 5 heteroatoms. The Balaban J connectivity index is 1.88. The monoisotopic (exact) mass is 332 g/mol. The maximum Gasteiger partial charge on any atom is 0.264 e. The van der Waals surface area contributed by atoms with Crippen molar-refractivity contribution in [3.8, 4) is 11.1 Å². The van der Waals surface area contributed by atoms with Crippen molar-refractivity contribution >= 4 is 17.2 Å². The van der Waals surface area contributed by atoms with Crippen molar-refractivity contribution < 1.29 is 9.18 Å². The molecule has 2 unspecified atom stereocenters. The normalized spacial score (nSPS) is 21.5. The van der Waals surface area contributed by atoms with Gasteiger partial charge in [0.15, 0.2) is 0 Å². The van der Waals surface area contributed by atoms with Gasteiger partial charge in [0.25, 0.3) is 5.91 Å². The Bertz CT molecular complexity index is 710. The predicted octanol–water partition coefficient (Wildman–Crippen LogP) is 3.69. The van der Waals surface area contributed by atoms with Crippen molar-refractivity contribution in [3.05, 3.63) is 45.9 Å². The summed E-state index contributed by atoms with van der Waals surface area (Å²) in [5.74, 6) is -0.158. The van der Waals surface area contributed by atoms with Crippen LogP contribution in [0.4, 0.5) is 4.39 Å². The van der Waals surface area contributed by atoms with Gasteiger partial charge in [0.05, 0.1) is 4.88 Å². The minimum atomic E-state index is -0.249. The molecule has 2 heterocycles. The Labute approximate surface area is 140 Å². The highest BCUT2D eigenvalue weighted by molar-refractivity contribution is 7.14. The Morgan fingerprint density at radius 3 is 2.70 bits per heavy atom. The summed E-state index contributed by atoms with van der Waals surface area (Å²) < 4.78 is 13.1. The second-order valence-corrected chi connectivity index (χ2v) is 7.33. The lowest BCUT2D eigenvalue weighted by Gasteiger charge is -2.38. The van der Waals surface area contributed by atoms with E-state index in [1.807, 2.05) is 17.9 Å². The van der Waals surface area contributed by atoms with Gasteiger partial charge in [-0.3, -0.25) is 4.79 Å². The lowest BCUT2D eigenvalue weighted by Crippen LogP contribution is -2.57. The van der Waals surface area contributed by atoms with Crippen LogP contribution < -0.4 is 5.32 Å². The third-order valence-electron chi connectivity index (χ3n) is 4.58. The molecule has 1 fully saturated rings. The molecule has 1 aliphatic rings. The largest absolute Gasteiger partial charge is 0.332 e. The number of aryl methyl sites for hydroxylation is 1. The number of amides is 1. The quantitative estimate of drug-likeness (QED) is 0.910. The second-order valence-electron chi connectivity index (χ2n) is 6.07. The van der Waals surface area contributed by atoms with Gasteiger partial charge in [-0.1, -0.05) is 12.1 Å². The number of carbonyl (C=O) groups excluding carboxylic acids is 1. The number of hydrogen-bond donors (Lipinski definition) is 1.